The lowest BCUT2D eigenvalue weighted by atomic mass is 9.90. The largest absolute Gasteiger partial charge is 0.421 e. The van der Waals surface area contributed by atoms with E-state index in [2.05, 4.69) is 55.2 Å². The van der Waals surface area contributed by atoms with E-state index >= 15 is 0 Å². The smallest absolute Gasteiger partial charge is 0.381 e. The Labute approximate surface area is 271 Å². The number of likely N-dealkylation sites (tertiary alicyclic amines) is 1. The number of aromatic nitrogens is 2. The van der Waals surface area contributed by atoms with Crippen molar-refractivity contribution < 1.29 is 22.8 Å². The van der Waals surface area contributed by atoms with Crippen LogP contribution in [0.25, 0.3) is 0 Å². The van der Waals surface area contributed by atoms with E-state index in [-0.39, 0.29) is 29.0 Å². The van der Waals surface area contributed by atoms with Crippen LogP contribution in [0.15, 0.2) is 79.0 Å². The number of nitrogens with one attached hydrogen (secondary N) is 4. The normalized spacial score (nSPS) is 14.4. The Hall–Kier alpha value is -5.57. The first-order chi connectivity index (χ1) is 22.6. The van der Waals surface area contributed by atoms with Crippen LogP contribution < -0.4 is 21.3 Å². The van der Waals surface area contributed by atoms with Crippen molar-refractivity contribution in [1.29, 1.82) is 0 Å². The van der Waals surface area contributed by atoms with Gasteiger partial charge in [-0.15, -0.1) is 0 Å². The van der Waals surface area contributed by atoms with Gasteiger partial charge in [0.2, 0.25) is 5.95 Å². The van der Waals surface area contributed by atoms with Crippen molar-refractivity contribution >= 4 is 40.6 Å². The van der Waals surface area contributed by atoms with Crippen molar-refractivity contribution in [2.75, 3.05) is 36.1 Å². The van der Waals surface area contributed by atoms with E-state index < -0.39 is 23.5 Å². The van der Waals surface area contributed by atoms with Crippen molar-refractivity contribution in [1.82, 2.24) is 20.2 Å². The number of halogens is 3. The lowest BCUT2D eigenvalue weighted by Crippen LogP contribution is -2.38. The third-order valence-corrected chi connectivity index (χ3v) is 7.75. The summed E-state index contributed by atoms with van der Waals surface area (Å²) in [6.45, 7) is 3.58. The predicted molar refractivity (Wildman–Crippen MR) is 176 cm³/mol. The highest BCUT2D eigenvalue weighted by atomic mass is 19.4. The summed E-state index contributed by atoms with van der Waals surface area (Å²) in [7, 11) is 1.44. The highest BCUT2D eigenvalue weighted by Gasteiger charge is 2.35. The van der Waals surface area contributed by atoms with Crippen molar-refractivity contribution in [2.24, 2.45) is 0 Å². The molecule has 0 aliphatic carbocycles. The van der Waals surface area contributed by atoms with Gasteiger partial charge in [-0.1, -0.05) is 42.3 Å². The zero-order valence-corrected chi connectivity index (χ0v) is 25.9. The lowest BCUT2D eigenvalue weighted by molar-refractivity contribution is -0.137. The molecule has 0 radical (unpaired) electrons. The molecule has 9 nitrogen and oxygen atoms in total. The Balaban J connectivity index is 1.24. The number of hydrogen-bond acceptors (Lipinski definition) is 7. The molecule has 2 heterocycles. The van der Waals surface area contributed by atoms with Gasteiger partial charge in [0.1, 0.15) is 11.4 Å². The van der Waals surface area contributed by atoms with Gasteiger partial charge in [-0.3, -0.25) is 9.59 Å². The molecule has 242 valence electrons. The van der Waals surface area contributed by atoms with E-state index in [0.717, 1.165) is 30.6 Å². The fourth-order valence-electron chi connectivity index (χ4n) is 5.36. The molecule has 12 heteroatoms. The summed E-state index contributed by atoms with van der Waals surface area (Å²) in [6.07, 6.45) is -2.09. The van der Waals surface area contributed by atoms with E-state index in [1.807, 2.05) is 29.2 Å². The Morgan fingerprint density at radius 2 is 1.79 bits per heavy atom. The van der Waals surface area contributed by atoms with E-state index in [1.54, 1.807) is 31.2 Å². The molecule has 0 saturated carbocycles. The molecule has 1 aliphatic heterocycles. The van der Waals surface area contributed by atoms with Gasteiger partial charge in [-0.25, -0.2) is 4.98 Å². The van der Waals surface area contributed by atoms with Gasteiger partial charge in [0, 0.05) is 50.2 Å². The predicted octanol–water partition coefficient (Wildman–Crippen LogP) is 6.68. The number of benzene rings is 3. The molecule has 3 aromatic carbocycles. The number of para-hydroxylation sites is 1. The molecule has 5 rings (SSSR count). The third-order valence-electron chi connectivity index (χ3n) is 7.75. The minimum atomic E-state index is -4.73. The molecule has 1 aliphatic rings. The van der Waals surface area contributed by atoms with Crippen LogP contribution in [0.5, 0.6) is 0 Å². The Kier molecular flexibility index (Phi) is 10.3. The molecule has 4 N–H and O–H groups in total. The second-order valence-electron chi connectivity index (χ2n) is 11.0. The highest BCUT2D eigenvalue weighted by Crippen LogP contribution is 2.36. The van der Waals surface area contributed by atoms with Gasteiger partial charge in [0.15, 0.2) is 0 Å². The maximum Gasteiger partial charge on any atom is 0.421 e. The SMILES string of the molecule is CC#CC(=O)N1CCCC(c2cccc(NCc3ccc(Nc4ncc(C(F)(F)F)c(Nc5ccccc5C(=O)NC)n4)cc3)c2)C1. The zero-order chi connectivity index (χ0) is 33.4. The molecule has 0 spiro atoms. The van der Waals surface area contributed by atoms with Crippen molar-refractivity contribution in [3.63, 3.8) is 0 Å². The molecule has 1 aromatic heterocycles. The number of rotatable bonds is 9. The molecule has 4 aromatic rings. The summed E-state index contributed by atoms with van der Waals surface area (Å²) >= 11 is 0. The fourth-order valence-corrected chi connectivity index (χ4v) is 5.36. The lowest BCUT2D eigenvalue weighted by Gasteiger charge is -2.32. The van der Waals surface area contributed by atoms with Gasteiger partial charge in [0.05, 0.1) is 11.3 Å². The van der Waals surface area contributed by atoms with Gasteiger partial charge in [-0.2, -0.15) is 18.2 Å². The van der Waals surface area contributed by atoms with Crippen LogP contribution in [0.3, 0.4) is 0 Å². The van der Waals surface area contributed by atoms with Crippen LogP contribution >= 0.6 is 0 Å². The molecule has 1 atom stereocenters. The maximum absolute atomic E-state index is 13.8. The van der Waals surface area contributed by atoms with Crippen LogP contribution in [0.2, 0.25) is 0 Å². The summed E-state index contributed by atoms with van der Waals surface area (Å²) in [5.41, 5.74) is 2.95. The average Bonchev–Trinajstić information content (AvgIpc) is 3.08. The molecule has 1 saturated heterocycles. The summed E-state index contributed by atoms with van der Waals surface area (Å²) in [4.78, 5) is 34.3. The maximum atomic E-state index is 13.8. The molecule has 0 bridgehead atoms. The average molecular weight is 642 g/mol. The summed E-state index contributed by atoms with van der Waals surface area (Å²) in [5, 5.41) is 11.5. The Morgan fingerprint density at radius 3 is 2.53 bits per heavy atom. The minimum Gasteiger partial charge on any atom is -0.381 e. The van der Waals surface area contributed by atoms with E-state index in [9.17, 15) is 22.8 Å². The van der Waals surface area contributed by atoms with Crippen molar-refractivity contribution in [3.8, 4) is 11.8 Å². The van der Waals surface area contributed by atoms with Gasteiger partial charge >= 0.3 is 6.18 Å². The first-order valence-corrected chi connectivity index (χ1v) is 15.1. The van der Waals surface area contributed by atoms with Crippen LogP contribution in [0, 0.1) is 11.8 Å². The Morgan fingerprint density at radius 1 is 1.00 bits per heavy atom. The topological polar surface area (TPSA) is 111 Å². The second kappa shape index (κ2) is 14.7. The second-order valence-corrected chi connectivity index (χ2v) is 11.0. The number of alkyl halides is 3. The number of carbonyl (C=O) groups excluding carboxylic acids is 2. The number of carbonyl (C=O) groups is 2. The molecule has 47 heavy (non-hydrogen) atoms. The van der Waals surface area contributed by atoms with Gasteiger partial charge < -0.3 is 26.2 Å². The molecule has 2 amide bonds. The van der Waals surface area contributed by atoms with Crippen LogP contribution in [-0.4, -0.2) is 46.8 Å². The van der Waals surface area contributed by atoms with E-state index in [4.69, 9.17) is 0 Å². The number of piperidine rings is 1. The zero-order valence-electron chi connectivity index (χ0n) is 25.9. The molecule has 1 unspecified atom stereocenters. The van der Waals surface area contributed by atoms with Gasteiger partial charge in [-0.05, 0) is 73.2 Å². The molecular formula is C35H34F3N7O2. The highest BCUT2D eigenvalue weighted by molar-refractivity contribution is 6.00. The number of amides is 2. The van der Waals surface area contributed by atoms with Crippen molar-refractivity contribution in [3.05, 3.63) is 101 Å². The van der Waals surface area contributed by atoms with Crippen LogP contribution in [0.1, 0.15) is 52.7 Å². The fraction of sp³-hybridized carbons (Fsp3) is 0.257. The van der Waals surface area contributed by atoms with Gasteiger partial charge in [0.25, 0.3) is 11.8 Å². The monoisotopic (exact) mass is 641 g/mol. The summed E-state index contributed by atoms with van der Waals surface area (Å²) < 4.78 is 41.5. The number of nitrogens with zero attached hydrogens (tertiary/aromatic N) is 3. The standard InChI is InChI=1S/C35H34F3N7O2/c1-3-8-31(46)45-18-7-10-25(22-45)24-9-6-11-27(19-24)40-20-23-14-16-26(17-15-23)42-34-41-21-29(35(36,37)38)32(44-34)43-30-13-5-4-12-28(30)33(47)39-2/h4-6,9,11-17,19,21,25,40H,7,10,18,20,22H2,1-2H3,(H,39,47)(H2,41,42,43,44). The van der Waals surface area contributed by atoms with E-state index in [0.29, 0.717) is 25.0 Å². The third kappa shape index (κ3) is 8.38. The summed E-state index contributed by atoms with van der Waals surface area (Å²) in [5.74, 6) is 4.44. The first kappa shape index (κ1) is 32.8. The number of hydrogen-bond donors (Lipinski definition) is 4. The first-order valence-electron chi connectivity index (χ1n) is 15.1. The molecule has 1 fully saturated rings. The Bertz CT molecular complexity index is 1800. The molecular weight excluding hydrogens is 607 g/mol. The number of anilines is 5. The quantitative estimate of drug-likeness (QED) is 0.151. The minimum absolute atomic E-state index is 0.0506. The van der Waals surface area contributed by atoms with E-state index in [1.165, 1.54) is 24.7 Å². The van der Waals surface area contributed by atoms with Crippen LogP contribution in [0.4, 0.5) is 42.0 Å². The summed E-state index contributed by atoms with van der Waals surface area (Å²) in [6, 6.07) is 21.8. The van der Waals surface area contributed by atoms with Crippen molar-refractivity contribution in [2.45, 2.75) is 38.4 Å². The van der Waals surface area contributed by atoms with Crippen LogP contribution in [-0.2, 0) is 17.5 Å².